The van der Waals surface area contributed by atoms with Crippen LogP contribution in [0.15, 0.2) is 42.5 Å². The van der Waals surface area contributed by atoms with Crippen LogP contribution in [0.4, 0.5) is 4.39 Å². The Labute approximate surface area is 115 Å². The van der Waals surface area contributed by atoms with Crippen molar-refractivity contribution in [1.82, 2.24) is 9.55 Å². The molecule has 0 aliphatic heterocycles. The van der Waals surface area contributed by atoms with Gasteiger partial charge in [-0.05, 0) is 42.8 Å². The molecule has 0 radical (unpaired) electrons. The smallest absolute Gasteiger partial charge is 0.124 e. The number of para-hydroxylation sites is 2. The van der Waals surface area contributed by atoms with E-state index in [9.17, 15) is 4.39 Å². The van der Waals surface area contributed by atoms with Crippen LogP contribution in [-0.4, -0.2) is 9.55 Å². The predicted octanol–water partition coefficient (Wildman–Crippen LogP) is 3.40. The first-order valence-electron chi connectivity index (χ1n) is 6.29. The maximum atomic E-state index is 13.5. The zero-order valence-corrected chi connectivity index (χ0v) is 11.0. The number of aromatic nitrogens is 2. The molecule has 0 aliphatic rings. The van der Waals surface area contributed by atoms with Crippen LogP contribution in [0.2, 0.25) is 0 Å². The molecule has 4 heteroatoms. The monoisotopic (exact) mass is 265 g/mol. The zero-order valence-electron chi connectivity index (χ0n) is 11.0. The van der Waals surface area contributed by atoms with Crippen molar-refractivity contribution in [2.45, 2.75) is 13.5 Å². The molecule has 3 aromatic rings. The van der Waals surface area contributed by atoms with Crippen LogP contribution in [0, 0.1) is 24.1 Å². The fourth-order valence-corrected chi connectivity index (χ4v) is 2.38. The van der Waals surface area contributed by atoms with Gasteiger partial charge in [-0.3, -0.25) is 0 Å². The van der Waals surface area contributed by atoms with E-state index in [4.69, 9.17) is 5.26 Å². The van der Waals surface area contributed by atoms with Gasteiger partial charge >= 0.3 is 0 Å². The minimum atomic E-state index is -0.388. The topological polar surface area (TPSA) is 41.6 Å². The number of nitrogens with zero attached hydrogens (tertiary/aromatic N) is 3. The van der Waals surface area contributed by atoms with Crippen LogP contribution in [0.3, 0.4) is 0 Å². The Morgan fingerprint density at radius 2 is 2.05 bits per heavy atom. The van der Waals surface area contributed by atoms with Crippen LogP contribution in [-0.2, 0) is 6.54 Å². The number of fused-ring (bicyclic) bond motifs is 1. The van der Waals surface area contributed by atoms with Gasteiger partial charge in [-0.1, -0.05) is 12.1 Å². The Hall–Kier alpha value is -2.67. The van der Waals surface area contributed by atoms with Crippen molar-refractivity contribution in [3.8, 4) is 6.07 Å². The molecular weight excluding hydrogens is 253 g/mol. The van der Waals surface area contributed by atoms with Gasteiger partial charge in [0.2, 0.25) is 0 Å². The molecule has 0 aliphatic carbocycles. The number of nitriles is 1. The van der Waals surface area contributed by atoms with Crippen LogP contribution < -0.4 is 0 Å². The van der Waals surface area contributed by atoms with E-state index in [0.717, 1.165) is 22.4 Å². The molecule has 0 fully saturated rings. The fraction of sp³-hybridized carbons (Fsp3) is 0.125. The Morgan fingerprint density at radius 1 is 1.25 bits per heavy atom. The summed E-state index contributed by atoms with van der Waals surface area (Å²) in [6.45, 7) is 2.42. The highest BCUT2D eigenvalue weighted by atomic mass is 19.1. The average molecular weight is 265 g/mol. The fourth-order valence-electron chi connectivity index (χ4n) is 2.38. The summed E-state index contributed by atoms with van der Waals surface area (Å²) in [5.74, 6) is 0.482. The lowest BCUT2D eigenvalue weighted by molar-refractivity contribution is 0.623. The quantitative estimate of drug-likeness (QED) is 0.712. The molecule has 0 bridgehead atoms. The molecule has 20 heavy (non-hydrogen) atoms. The summed E-state index contributed by atoms with van der Waals surface area (Å²) in [6, 6.07) is 14.2. The molecule has 98 valence electrons. The molecule has 0 unspecified atom stereocenters. The van der Waals surface area contributed by atoms with Crippen molar-refractivity contribution in [3.05, 3.63) is 65.2 Å². The zero-order chi connectivity index (χ0) is 14.1. The lowest BCUT2D eigenvalue weighted by Gasteiger charge is -2.07. The molecule has 0 saturated heterocycles. The van der Waals surface area contributed by atoms with E-state index in [0.29, 0.717) is 12.1 Å². The maximum absolute atomic E-state index is 13.5. The maximum Gasteiger partial charge on any atom is 0.124 e. The molecule has 2 aromatic carbocycles. The third-order valence-corrected chi connectivity index (χ3v) is 3.27. The minimum absolute atomic E-state index is 0.335. The van der Waals surface area contributed by atoms with Gasteiger partial charge in [-0.2, -0.15) is 5.26 Å². The lowest BCUT2D eigenvalue weighted by Crippen LogP contribution is -2.02. The first kappa shape index (κ1) is 12.4. The number of halogens is 1. The van der Waals surface area contributed by atoms with Gasteiger partial charge in [-0.25, -0.2) is 9.37 Å². The normalized spacial score (nSPS) is 10.7. The van der Waals surface area contributed by atoms with E-state index in [1.807, 2.05) is 41.8 Å². The van der Waals surface area contributed by atoms with Crippen molar-refractivity contribution < 1.29 is 4.39 Å². The summed E-state index contributed by atoms with van der Waals surface area (Å²) in [6.07, 6.45) is 0. The van der Waals surface area contributed by atoms with Gasteiger partial charge in [0.25, 0.3) is 0 Å². The highest BCUT2D eigenvalue weighted by Crippen LogP contribution is 2.18. The highest BCUT2D eigenvalue weighted by molar-refractivity contribution is 5.75. The summed E-state index contributed by atoms with van der Waals surface area (Å²) < 4.78 is 15.5. The number of rotatable bonds is 2. The first-order chi connectivity index (χ1) is 9.67. The van der Waals surface area contributed by atoms with E-state index >= 15 is 0 Å². The first-order valence-corrected chi connectivity index (χ1v) is 6.29. The van der Waals surface area contributed by atoms with E-state index in [1.165, 1.54) is 12.1 Å². The lowest BCUT2D eigenvalue weighted by atomic mass is 10.1. The molecule has 0 spiro atoms. The van der Waals surface area contributed by atoms with E-state index in [-0.39, 0.29) is 5.82 Å². The predicted molar refractivity (Wildman–Crippen MR) is 74.7 cm³/mol. The summed E-state index contributed by atoms with van der Waals surface area (Å²) in [5, 5.41) is 8.90. The van der Waals surface area contributed by atoms with Gasteiger partial charge in [0, 0.05) is 6.54 Å². The Balaban J connectivity index is 2.08. The van der Waals surface area contributed by atoms with Gasteiger partial charge in [-0.15, -0.1) is 0 Å². The minimum Gasteiger partial charge on any atom is -0.324 e. The average Bonchev–Trinajstić information content (AvgIpc) is 2.75. The van der Waals surface area contributed by atoms with Crippen molar-refractivity contribution in [1.29, 1.82) is 5.26 Å². The van der Waals surface area contributed by atoms with Crippen LogP contribution in [0.5, 0.6) is 0 Å². The van der Waals surface area contributed by atoms with E-state index in [2.05, 4.69) is 4.98 Å². The molecule has 1 aromatic heterocycles. The number of hydrogen-bond acceptors (Lipinski definition) is 2. The second-order valence-corrected chi connectivity index (χ2v) is 4.69. The molecule has 0 amide bonds. The van der Waals surface area contributed by atoms with Crippen LogP contribution in [0.1, 0.15) is 17.0 Å². The molecule has 3 nitrogen and oxygen atoms in total. The summed E-state index contributed by atoms with van der Waals surface area (Å²) >= 11 is 0. The standard InChI is InChI=1S/C16H12FN3/c1-11-19-15-4-2-3-5-16(15)20(11)10-13-6-12(9-18)7-14(17)8-13/h2-8H,10H2,1H3. The SMILES string of the molecule is Cc1nc2ccccc2n1Cc1cc(F)cc(C#N)c1. The summed E-state index contributed by atoms with van der Waals surface area (Å²) in [5.41, 5.74) is 3.02. The van der Waals surface area contributed by atoms with Gasteiger partial charge in [0.05, 0.1) is 22.7 Å². The molecule has 0 N–H and O–H groups in total. The second kappa shape index (κ2) is 4.78. The van der Waals surface area contributed by atoms with Crippen LogP contribution in [0.25, 0.3) is 11.0 Å². The molecule has 0 atom stereocenters. The second-order valence-electron chi connectivity index (χ2n) is 4.69. The highest BCUT2D eigenvalue weighted by Gasteiger charge is 2.08. The number of benzene rings is 2. The summed E-state index contributed by atoms with van der Waals surface area (Å²) in [4.78, 5) is 4.48. The molecule has 1 heterocycles. The molecule has 3 rings (SSSR count). The Morgan fingerprint density at radius 3 is 2.85 bits per heavy atom. The Kier molecular flexibility index (Phi) is 2.96. The van der Waals surface area contributed by atoms with Gasteiger partial charge < -0.3 is 4.57 Å². The third-order valence-electron chi connectivity index (χ3n) is 3.27. The summed E-state index contributed by atoms with van der Waals surface area (Å²) in [7, 11) is 0. The number of aryl methyl sites for hydroxylation is 1. The van der Waals surface area contributed by atoms with Gasteiger partial charge in [0.1, 0.15) is 11.6 Å². The van der Waals surface area contributed by atoms with E-state index in [1.54, 1.807) is 6.07 Å². The number of hydrogen-bond donors (Lipinski definition) is 0. The van der Waals surface area contributed by atoms with E-state index < -0.39 is 0 Å². The van der Waals surface area contributed by atoms with Crippen molar-refractivity contribution >= 4 is 11.0 Å². The third kappa shape index (κ3) is 2.14. The largest absolute Gasteiger partial charge is 0.324 e. The molecule has 0 saturated carbocycles. The Bertz CT molecular complexity index is 827. The number of imidazole rings is 1. The van der Waals surface area contributed by atoms with Crippen molar-refractivity contribution in [3.63, 3.8) is 0 Å². The van der Waals surface area contributed by atoms with Crippen molar-refractivity contribution in [2.24, 2.45) is 0 Å². The van der Waals surface area contributed by atoms with Crippen molar-refractivity contribution in [2.75, 3.05) is 0 Å². The van der Waals surface area contributed by atoms with Crippen LogP contribution >= 0.6 is 0 Å². The van der Waals surface area contributed by atoms with Gasteiger partial charge in [0.15, 0.2) is 0 Å². The molecular formula is C16H12FN3.